The predicted molar refractivity (Wildman–Crippen MR) is 62.0 cm³/mol. The highest BCUT2D eigenvalue weighted by molar-refractivity contribution is 5.88. The van der Waals surface area contributed by atoms with Crippen LogP contribution >= 0.6 is 0 Å². The quantitative estimate of drug-likeness (QED) is 0.337. The second-order valence-corrected chi connectivity index (χ2v) is 3.48. The molecule has 104 valence electrons. The van der Waals surface area contributed by atoms with Crippen LogP contribution in [-0.2, 0) is 24.3 Å². The van der Waals surface area contributed by atoms with Gasteiger partial charge in [0, 0.05) is 7.11 Å². The van der Waals surface area contributed by atoms with E-state index in [-0.39, 0.29) is 18.8 Å². The van der Waals surface area contributed by atoms with Crippen molar-refractivity contribution in [2.24, 2.45) is 0 Å². The molecule has 0 unspecified atom stereocenters. The Bertz CT molecular complexity index is 413. The van der Waals surface area contributed by atoms with E-state index >= 15 is 0 Å². The Kier molecular flexibility index (Phi) is 6.34. The molecule has 1 rings (SSSR count). The van der Waals surface area contributed by atoms with Gasteiger partial charge in [0.2, 0.25) is 0 Å². The molecule has 0 aromatic heterocycles. The number of carbonyl (C=O) groups excluding carboxylic acids is 2. The first-order valence-corrected chi connectivity index (χ1v) is 5.41. The minimum atomic E-state index is -1.13. The molecule has 0 heterocycles. The highest BCUT2D eigenvalue weighted by Gasteiger charge is 2.11. The summed E-state index contributed by atoms with van der Waals surface area (Å²) < 4.78 is 9.13. The number of methoxy groups -OCH3 is 1. The van der Waals surface area contributed by atoms with Crippen LogP contribution in [0, 0.1) is 6.92 Å². The maximum Gasteiger partial charge on any atom is 0.543 e. The zero-order chi connectivity index (χ0) is 14.1. The first-order chi connectivity index (χ1) is 9.13. The summed E-state index contributed by atoms with van der Waals surface area (Å²) in [6.45, 7) is 2.10. The van der Waals surface area contributed by atoms with Gasteiger partial charge in [-0.2, -0.15) is 0 Å². The van der Waals surface area contributed by atoms with Gasteiger partial charge >= 0.3 is 12.1 Å². The number of benzene rings is 1. The lowest BCUT2D eigenvalue weighted by Gasteiger charge is -2.03. The van der Waals surface area contributed by atoms with Crippen LogP contribution in [0.3, 0.4) is 0 Å². The number of hydrogen-bond acceptors (Lipinski definition) is 7. The van der Waals surface area contributed by atoms with E-state index in [9.17, 15) is 9.59 Å². The molecule has 0 aliphatic carbocycles. The van der Waals surface area contributed by atoms with Gasteiger partial charge in [-0.3, -0.25) is 4.89 Å². The third-order valence-corrected chi connectivity index (χ3v) is 2.01. The first kappa shape index (κ1) is 14.9. The normalized spacial score (nSPS) is 9.79. The molecule has 7 nitrogen and oxygen atoms in total. The van der Waals surface area contributed by atoms with Crippen molar-refractivity contribution < 1.29 is 33.9 Å². The van der Waals surface area contributed by atoms with Crippen LogP contribution < -0.4 is 0 Å². The number of hydrogen-bond donors (Lipinski definition) is 0. The van der Waals surface area contributed by atoms with Gasteiger partial charge < -0.3 is 9.47 Å². The van der Waals surface area contributed by atoms with Gasteiger partial charge in [-0.05, 0) is 19.1 Å². The third kappa shape index (κ3) is 5.84. The molecule has 1 aromatic rings. The summed E-state index contributed by atoms with van der Waals surface area (Å²) in [5.74, 6) is -0.787. The fraction of sp³-hybridized carbons (Fsp3) is 0.333. The highest BCUT2D eigenvalue weighted by Crippen LogP contribution is 2.05. The molecule has 0 atom stereocenters. The molecule has 1 aromatic carbocycles. The molecule has 0 spiro atoms. The Morgan fingerprint density at radius 2 is 1.74 bits per heavy atom. The number of carbonyl (C=O) groups is 2. The zero-order valence-electron chi connectivity index (χ0n) is 10.6. The summed E-state index contributed by atoms with van der Waals surface area (Å²) in [4.78, 5) is 30.6. The Morgan fingerprint density at radius 3 is 2.37 bits per heavy atom. The van der Waals surface area contributed by atoms with Crippen molar-refractivity contribution in [3.8, 4) is 0 Å². The zero-order valence-corrected chi connectivity index (χ0v) is 10.6. The Labute approximate surface area is 109 Å². The van der Waals surface area contributed by atoms with E-state index in [0.717, 1.165) is 5.56 Å². The van der Waals surface area contributed by atoms with Crippen molar-refractivity contribution in [2.45, 2.75) is 6.92 Å². The second-order valence-electron chi connectivity index (χ2n) is 3.48. The summed E-state index contributed by atoms with van der Waals surface area (Å²) in [5.41, 5.74) is 1.26. The summed E-state index contributed by atoms with van der Waals surface area (Å²) >= 11 is 0. The summed E-state index contributed by atoms with van der Waals surface area (Å²) in [6.07, 6.45) is -1.13. The minimum absolute atomic E-state index is 0.00457. The van der Waals surface area contributed by atoms with Gasteiger partial charge in [-0.15, -0.1) is 0 Å². The maximum absolute atomic E-state index is 11.4. The number of aryl methyl sites for hydroxylation is 1. The van der Waals surface area contributed by atoms with E-state index in [4.69, 9.17) is 0 Å². The van der Waals surface area contributed by atoms with Crippen molar-refractivity contribution in [1.29, 1.82) is 0 Å². The van der Waals surface area contributed by atoms with Crippen molar-refractivity contribution in [3.63, 3.8) is 0 Å². The summed E-state index contributed by atoms with van der Waals surface area (Å²) in [5, 5.41) is 4.01. The van der Waals surface area contributed by atoms with Crippen LogP contribution in [0.25, 0.3) is 0 Å². The fourth-order valence-electron chi connectivity index (χ4n) is 1.05. The van der Waals surface area contributed by atoms with E-state index in [1.807, 2.05) is 6.92 Å². The lowest BCUT2D eigenvalue weighted by atomic mass is 10.2. The monoisotopic (exact) mass is 270 g/mol. The average molecular weight is 270 g/mol. The first-order valence-electron chi connectivity index (χ1n) is 5.41. The highest BCUT2D eigenvalue weighted by atomic mass is 17.5. The molecule has 0 fully saturated rings. The predicted octanol–water partition coefficient (Wildman–Crippen LogP) is 1.80. The van der Waals surface area contributed by atoms with Gasteiger partial charge in [0.1, 0.15) is 6.61 Å². The maximum atomic E-state index is 11.4. The van der Waals surface area contributed by atoms with Crippen LogP contribution in [0.4, 0.5) is 4.79 Å². The second kappa shape index (κ2) is 8.06. The molecule has 0 N–H and O–H groups in total. The largest absolute Gasteiger partial charge is 0.543 e. The fourth-order valence-corrected chi connectivity index (χ4v) is 1.05. The minimum Gasteiger partial charge on any atom is -0.430 e. The SMILES string of the molecule is COCCOC(=O)OOOC(=O)c1ccc(C)cc1. The summed E-state index contributed by atoms with van der Waals surface area (Å²) in [7, 11) is 1.45. The molecule has 7 heteroatoms. The molecule has 0 bridgehead atoms. The van der Waals surface area contributed by atoms with Gasteiger partial charge in [-0.25, -0.2) is 14.5 Å². The molecule has 0 amide bonds. The van der Waals surface area contributed by atoms with E-state index in [0.29, 0.717) is 0 Å². The molecule has 0 saturated carbocycles. The van der Waals surface area contributed by atoms with Gasteiger partial charge in [-0.1, -0.05) is 17.7 Å². The molecule has 0 radical (unpaired) electrons. The number of ether oxygens (including phenoxy) is 2. The molecular weight excluding hydrogens is 256 g/mol. The Morgan fingerprint density at radius 1 is 1.05 bits per heavy atom. The van der Waals surface area contributed by atoms with Crippen LogP contribution in [0.1, 0.15) is 15.9 Å². The van der Waals surface area contributed by atoms with Crippen molar-refractivity contribution in [2.75, 3.05) is 20.3 Å². The van der Waals surface area contributed by atoms with Crippen molar-refractivity contribution >= 4 is 12.1 Å². The Hall–Kier alpha value is -2.12. The van der Waals surface area contributed by atoms with Gasteiger partial charge in [0.25, 0.3) is 0 Å². The van der Waals surface area contributed by atoms with Crippen molar-refractivity contribution in [1.82, 2.24) is 0 Å². The molecular formula is C12H14O7. The Balaban J connectivity index is 2.23. The summed E-state index contributed by atoms with van der Waals surface area (Å²) in [6, 6.07) is 6.57. The van der Waals surface area contributed by atoms with Gasteiger partial charge in [0.05, 0.1) is 17.2 Å². The molecule has 0 saturated heterocycles. The van der Waals surface area contributed by atoms with Crippen LogP contribution in [0.5, 0.6) is 0 Å². The van der Waals surface area contributed by atoms with Crippen LogP contribution in [0.15, 0.2) is 24.3 Å². The number of rotatable bonds is 6. The molecule has 19 heavy (non-hydrogen) atoms. The van der Waals surface area contributed by atoms with E-state index in [2.05, 4.69) is 24.3 Å². The molecule has 0 aliphatic heterocycles. The van der Waals surface area contributed by atoms with Crippen molar-refractivity contribution in [3.05, 3.63) is 35.4 Å². The van der Waals surface area contributed by atoms with E-state index in [1.54, 1.807) is 24.3 Å². The van der Waals surface area contributed by atoms with Crippen LogP contribution in [0.2, 0.25) is 0 Å². The molecule has 0 aliphatic rings. The third-order valence-electron chi connectivity index (χ3n) is 2.01. The lowest BCUT2D eigenvalue weighted by molar-refractivity contribution is -0.452. The van der Waals surface area contributed by atoms with Gasteiger partial charge in [0.15, 0.2) is 0 Å². The van der Waals surface area contributed by atoms with E-state index < -0.39 is 12.1 Å². The van der Waals surface area contributed by atoms with Crippen LogP contribution in [-0.4, -0.2) is 32.4 Å². The topological polar surface area (TPSA) is 80.3 Å². The average Bonchev–Trinajstić information content (AvgIpc) is 2.39. The standard InChI is InChI=1S/C12H14O7/c1-9-3-5-10(6-4-9)11(13)17-19-18-12(14)16-8-7-15-2/h3-6H,7-8H2,1-2H3. The van der Waals surface area contributed by atoms with E-state index in [1.165, 1.54) is 7.11 Å². The smallest absolute Gasteiger partial charge is 0.430 e. The lowest BCUT2D eigenvalue weighted by Crippen LogP contribution is -2.14.